The number of halogens is 2. The Morgan fingerprint density at radius 1 is 0.913 bits per heavy atom. The highest BCUT2D eigenvalue weighted by Gasteiger charge is 2.21. The number of benzene rings is 2. The molecule has 2 aromatic rings. The first-order valence-corrected chi connectivity index (χ1v) is 6.82. The number of cyclic esters (lactones) is 1. The fourth-order valence-corrected chi connectivity index (χ4v) is 1.99. The van der Waals surface area contributed by atoms with Crippen molar-refractivity contribution in [2.75, 3.05) is 0 Å². The predicted molar refractivity (Wildman–Crippen MR) is 83.3 cm³/mol. The fourth-order valence-electron chi connectivity index (χ4n) is 1.99. The van der Waals surface area contributed by atoms with Crippen LogP contribution < -0.4 is 0 Å². The van der Waals surface area contributed by atoms with Crippen LogP contribution in [-0.2, 0) is 9.53 Å². The summed E-state index contributed by atoms with van der Waals surface area (Å²) < 4.78 is 31.1. The quantitative estimate of drug-likeness (QED) is 0.635. The maximum atomic E-state index is 13.2. The van der Waals surface area contributed by atoms with Crippen LogP contribution in [0.2, 0.25) is 0 Å². The van der Waals surface area contributed by atoms with Gasteiger partial charge >= 0.3 is 5.97 Å². The van der Waals surface area contributed by atoms with E-state index in [9.17, 15) is 13.6 Å². The van der Waals surface area contributed by atoms with E-state index < -0.39 is 17.6 Å². The minimum absolute atomic E-state index is 0.0312. The van der Waals surface area contributed by atoms with E-state index in [0.717, 1.165) is 17.7 Å². The van der Waals surface area contributed by atoms with E-state index in [2.05, 4.69) is 4.99 Å². The average molecular weight is 311 g/mol. The molecule has 0 atom stereocenters. The minimum atomic E-state index is -0.987. The van der Waals surface area contributed by atoms with E-state index in [1.54, 1.807) is 12.2 Å². The van der Waals surface area contributed by atoms with Crippen LogP contribution in [0.25, 0.3) is 12.2 Å². The summed E-state index contributed by atoms with van der Waals surface area (Å²) in [5, 5.41) is 0. The van der Waals surface area contributed by atoms with Crippen molar-refractivity contribution in [3.05, 3.63) is 83.1 Å². The van der Waals surface area contributed by atoms with Gasteiger partial charge in [0.25, 0.3) is 0 Å². The van der Waals surface area contributed by atoms with Gasteiger partial charge in [-0.2, -0.15) is 0 Å². The Kier molecular flexibility index (Phi) is 4.10. The molecule has 3 rings (SSSR count). The Hall–Kier alpha value is -3.08. The van der Waals surface area contributed by atoms with Crippen LogP contribution in [0.1, 0.15) is 11.1 Å². The number of esters is 1. The first kappa shape index (κ1) is 14.8. The number of hydrogen-bond acceptors (Lipinski definition) is 3. The van der Waals surface area contributed by atoms with Crippen molar-refractivity contribution in [3.63, 3.8) is 0 Å². The van der Waals surface area contributed by atoms with Crippen molar-refractivity contribution in [1.82, 2.24) is 0 Å². The minimum Gasteiger partial charge on any atom is -0.403 e. The normalized spacial score (nSPS) is 16.0. The number of carbonyl (C=O) groups excluding carboxylic acids is 1. The zero-order chi connectivity index (χ0) is 16.2. The number of hydrogen-bond donors (Lipinski definition) is 0. The van der Waals surface area contributed by atoms with Crippen molar-refractivity contribution in [3.8, 4) is 0 Å². The van der Waals surface area contributed by atoms with Crippen molar-refractivity contribution in [2.45, 2.75) is 0 Å². The molecular weight excluding hydrogens is 300 g/mol. The van der Waals surface area contributed by atoms with Gasteiger partial charge in [-0.05, 0) is 35.4 Å². The summed E-state index contributed by atoms with van der Waals surface area (Å²) in [4.78, 5) is 15.8. The third-order valence-electron chi connectivity index (χ3n) is 3.10. The molecule has 1 aliphatic rings. The molecule has 0 fully saturated rings. The summed E-state index contributed by atoms with van der Waals surface area (Å²) in [6, 6.07) is 12.8. The number of rotatable bonds is 3. The van der Waals surface area contributed by atoms with Gasteiger partial charge < -0.3 is 4.74 Å². The topological polar surface area (TPSA) is 38.7 Å². The lowest BCUT2D eigenvalue weighted by molar-refractivity contribution is -0.129. The van der Waals surface area contributed by atoms with Gasteiger partial charge in [0.2, 0.25) is 5.90 Å². The second-order valence-corrected chi connectivity index (χ2v) is 4.79. The monoisotopic (exact) mass is 311 g/mol. The molecule has 114 valence electrons. The molecule has 0 spiro atoms. The maximum absolute atomic E-state index is 13.2. The SMILES string of the molecule is O=C1OC(/C=C/c2ccccc2)=NC/1=C\c1ccc(F)c(F)c1. The molecule has 0 bridgehead atoms. The van der Waals surface area contributed by atoms with E-state index in [0.29, 0.717) is 5.56 Å². The molecule has 0 N–H and O–H groups in total. The molecule has 0 radical (unpaired) electrons. The Morgan fingerprint density at radius 3 is 2.43 bits per heavy atom. The van der Waals surface area contributed by atoms with E-state index in [1.807, 2.05) is 30.3 Å². The highest BCUT2D eigenvalue weighted by molar-refractivity contribution is 6.11. The second-order valence-electron chi connectivity index (χ2n) is 4.79. The van der Waals surface area contributed by atoms with Crippen molar-refractivity contribution in [2.24, 2.45) is 4.99 Å². The van der Waals surface area contributed by atoms with Crippen molar-refractivity contribution >= 4 is 24.0 Å². The Bertz CT molecular complexity index is 839. The van der Waals surface area contributed by atoms with Gasteiger partial charge in [-0.25, -0.2) is 18.6 Å². The molecule has 3 nitrogen and oxygen atoms in total. The molecule has 0 saturated carbocycles. The number of aliphatic imine (C=N–C) groups is 1. The van der Waals surface area contributed by atoms with Gasteiger partial charge in [0.05, 0.1) is 0 Å². The first-order chi connectivity index (χ1) is 11.1. The molecule has 0 aliphatic carbocycles. The Balaban J connectivity index is 1.82. The van der Waals surface area contributed by atoms with Crippen molar-refractivity contribution < 1.29 is 18.3 Å². The fraction of sp³-hybridized carbons (Fsp3) is 0. The van der Waals surface area contributed by atoms with Gasteiger partial charge in [-0.1, -0.05) is 36.4 Å². The zero-order valence-electron chi connectivity index (χ0n) is 11.9. The van der Waals surface area contributed by atoms with Crippen LogP contribution in [0.5, 0.6) is 0 Å². The van der Waals surface area contributed by atoms with Crippen molar-refractivity contribution in [1.29, 1.82) is 0 Å². The summed E-state index contributed by atoms with van der Waals surface area (Å²) in [5.74, 6) is -2.43. The lowest BCUT2D eigenvalue weighted by Gasteiger charge is -1.95. The zero-order valence-corrected chi connectivity index (χ0v) is 11.9. The second kappa shape index (κ2) is 6.36. The molecule has 0 saturated heterocycles. The first-order valence-electron chi connectivity index (χ1n) is 6.82. The molecule has 1 heterocycles. The van der Waals surface area contributed by atoms with Crippen LogP contribution in [0.4, 0.5) is 8.78 Å². The smallest absolute Gasteiger partial charge is 0.363 e. The Morgan fingerprint density at radius 2 is 1.70 bits per heavy atom. The third kappa shape index (κ3) is 3.58. The van der Waals surface area contributed by atoms with Crippen LogP contribution in [-0.4, -0.2) is 11.9 Å². The van der Waals surface area contributed by atoms with Crippen LogP contribution in [0, 0.1) is 11.6 Å². The largest absolute Gasteiger partial charge is 0.403 e. The van der Waals surface area contributed by atoms with Gasteiger partial charge in [0.15, 0.2) is 17.3 Å². The Labute approximate surface area is 131 Å². The van der Waals surface area contributed by atoms with Gasteiger partial charge in [-0.3, -0.25) is 0 Å². The molecule has 1 aliphatic heterocycles. The number of ether oxygens (including phenoxy) is 1. The predicted octanol–water partition coefficient (Wildman–Crippen LogP) is 3.97. The van der Waals surface area contributed by atoms with E-state index in [4.69, 9.17) is 4.74 Å². The lowest BCUT2D eigenvalue weighted by atomic mass is 10.2. The third-order valence-corrected chi connectivity index (χ3v) is 3.10. The molecule has 2 aromatic carbocycles. The molecular formula is C18H11F2NO2. The summed E-state index contributed by atoms with van der Waals surface area (Å²) in [7, 11) is 0. The molecule has 5 heteroatoms. The van der Waals surface area contributed by atoms with Crippen LogP contribution >= 0.6 is 0 Å². The van der Waals surface area contributed by atoms with E-state index >= 15 is 0 Å². The van der Waals surface area contributed by atoms with Crippen LogP contribution in [0.15, 0.2) is 65.3 Å². The summed E-state index contributed by atoms with van der Waals surface area (Å²) in [6.07, 6.45) is 4.67. The summed E-state index contributed by atoms with van der Waals surface area (Å²) in [5.41, 5.74) is 1.29. The molecule has 0 amide bonds. The van der Waals surface area contributed by atoms with Crippen LogP contribution in [0.3, 0.4) is 0 Å². The maximum Gasteiger partial charge on any atom is 0.363 e. The van der Waals surface area contributed by atoms with Gasteiger partial charge in [-0.15, -0.1) is 0 Å². The highest BCUT2D eigenvalue weighted by atomic mass is 19.2. The van der Waals surface area contributed by atoms with E-state index in [1.165, 1.54) is 12.1 Å². The van der Waals surface area contributed by atoms with E-state index in [-0.39, 0.29) is 11.6 Å². The lowest BCUT2D eigenvalue weighted by Crippen LogP contribution is -2.01. The number of nitrogens with zero attached hydrogens (tertiary/aromatic N) is 1. The molecule has 23 heavy (non-hydrogen) atoms. The van der Waals surface area contributed by atoms with Gasteiger partial charge in [0.1, 0.15) is 0 Å². The summed E-state index contributed by atoms with van der Waals surface area (Å²) >= 11 is 0. The molecule has 0 unspecified atom stereocenters. The average Bonchev–Trinajstić information content (AvgIpc) is 2.90. The standard InChI is InChI=1S/C18H11F2NO2/c19-14-8-6-13(10-15(14)20)11-16-18(22)23-17(21-16)9-7-12-4-2-1-3-5-12/h1-11H/b9-7+,16-11-. The molecule has 0 aromatic heterocycles. The highest BCUT2D eigenvalue weighted by Crippen LogP contribution is 2.18. The number of carbonyl (C=O) groups is 1. The van der Waals surface area contributed by atoms with Gasteiger partial charge in [0, 0.05) is 6.08 Å². The summed E-state index contributed by atoms with van der Waals surface area (Å²) in [6.45, 7) is 0.